The first kappa shape index (κ1) is 9.05. The lowest BCUT2D eigenvalue weighted by atomic mass is 10.1. The Bertz CT molecular complexity index is 233. The minimum atomic E-state index is -4.70. The zero-order chi connectivity index (χ0) is 9.35. The van der Waals surface area contributed by atoms with Gasteiger partial charge in [0.1, 0.15) is 0 Å². The highest BCUT2D eigenvalue weighted by Crippen LogP contribution is 2.25. The van der Waals surface area contributed by atoms with Crippen molar-refractivity contribution < 1.29 is 23.1 Å². The summed E-state index contributed by atoms with van der Waals surface area (Å²) in [6, 6.07) is 0. The fourth-order valence-corrected chi connectivity index (χ4v) is 0.845. The molecule has 0 aromatic carbocycles. The van der Waals surface area contributed by atoms with E-state index in [4.69, 9.17) is 5.11 Å². The summed E-state index contributed by atoms with van der Waals surface area (Å²) in [5.41, 5.74) is -0.340. The zero-order valence-electron chi connectivity index (χ0n) is 5.85. The van der Waals surface area contributed by atoms with Crippen LogP contribution < -0.4 is 5.32 Å². The van der Waals surface area contributed by atoms with Gasteiger partial charge in [-0.05, 0) is 5.57 Å². The Hall–Kier alpha value is -1.04. The van der Waals surface area contributed by atoms with Gasteiger partial charge in [-0.3, -0.25) is 4.79 Å². The van der Waals surface area contributed by atoms with E-state index in [-0.39, 0.29) is 12.1 Å². The normalized spacial score (nSPS) is 20.3. The highest BCUT2D eigenvalue weighted by molar-refractivity contribution is 5.91. The number of amides is 1. The van der Waals surface area contributed by atoms with Crippen molar-refractivity contribution in [1.29, 1.82) is 0 Å². The van der Waals surface area contributed by atoms with Crippen LogP contribution in [0.4, 0.5) is 13.2 Å². The van der Waals surface area contributed by atoms with E-state index in [9.17, 15) is 18.0 Å². The fraction of sp³-hybridized carbons (Fsp3) is 0.500. The smallest absolute Gasteiger partial charge is 0.379 e. The zero-order valence-corrected chi connectivity index (χ0v) is 5.85. The molecule has 12 heavy (non-hydrogen) atoms. The number of nitrogens with one attached hydrogen (secondary N) is 1. The van der Waals surface area contributed by atoms with Crippen molar-refractivity contribution in [2.75, 3.05) is 6.54 Å². The highest BCUT2D eigenvalue weighted by Gasteiger charge is 2.41. The van der Waals surface area contributed by atoms with Gasteiger partial charge in [0, 0.05) is 12.6 Å². The number of hydrogen-bond donors (Lipinski definition) is 2. The Morgan fingerprint density at radius 2 is 2.17 bits per heavy atom. The van der Waals surface area contributed by atoms with Crippen molar-refractivity contribution in [3.05, 3.63) is 11.6 Å². The SMILES string of the molecule is O=C1C=C(C(O)C(F)(F)F)CN1. The molecular formula is C6H6F3NO2. The maximum absolute atomic E-state index is 11.8. The molecule has 2 N–H and O–H groups in total. The van der Waals surface area contributed by atoms with Gasteiger partial charge in [-0.25, -0.2) is 0 Å². The number of rotatable bonds is 1. The quantitative estimate of drug-likeness (QED) is 0.596. The van der Waals surface area contributed by atoms with Gasteiger partial charge in [-0.2, -0.15) is 13.2 Å². The first-order chi connectivity index (χ1) is 5.41. The van der Waals surface area contributed by atoms with Crippen LogP contribution in [-0.2, 0) is 4.79 Å². The number of aliphatic hydroxyl groups excluding tert-OH is 1. The van der Waals surface area contributed by atoms with Crippen LogP contribution in [0.5, 0.6) is 0 Å². The van der Waals surface area contributed by atoms with Gasteiger partial charge in [0.2, 0.25) is 5.91 Å². The molecule has 0 aliphatic carbocycles. The number of halogens is 3. The van der Waals surface area contributed by atoms with Crippen LogP contribution in [0.2, 0.25) is 0 Å². The molecule has 3 nitrogen and oxygen atoms in total. The molecule has 1 rings (SSSR count). The Labute approximate surface area is 65.9 Å². The predicted molar refractivity (Wildman–Crippen MR) is 33.2 cm³/mol. The molecule has 1 atom stereocenters. The lowest BCUT2D eigenvalue weighted by molar-refractivity contribution is -0.191. The maximum atomic E-state index is 11.8. The third-order valence-corrected chi connectivity index (χ3v) is 1.44. The van der Waals surface area contributed by atoms with E-state index < -0.39 is 18.2 Å². The van der Waals surface area contributed by atoms with Gasteiger partial charge in [-0.15, -0.1) is 0 Å². The van der Waals surface area contributed by atoms with Crippen LogP contribution in [0, 0.1) is 0 Å². The van der Waals surface area contributed by atoms with Gasteiger partial charge in [0.05, 0.1) is 0 Å². The molecule has 1 aliphatic rings. The van der Waals surface area contributed by atoms with Crippen molar-refractivity contribution in [2.24, 2.45) is 0 Å². The van der Waals surface area contributed by atoms with Gasteiger partial charge >= 0.3 is 6.18 Å². The number of aliphatic hydroxyl groups is 1. The Morgan fingerprint density at radius 3 is 2.50 bits per heavy atom. The monoisotopic (exact) mass is 181 g/mol. The van der Waals surface area contributed by atoms with Crippen LogP contribution >= 0.6 is 0 Å². The van der Waals surface area contributed by atoms with E-state index >= 15 is 0 Å². The van der Waals surface area contributed by atoms with Crippen molar-refractivity contribution >= 4 is 5.91 Å². The molecule has 0 fully saturated rings. The molecule has 1 aliphatic heterocycles. The molecule has 1 heterocycles. The molecule has 1 amide bonds. The van der Waals surface area contributed by atoms with E-state index in [0.29, 0.717) is 0 Å². The second-order valence-corrected chi connectivity index (χ2v) is 2.38. The van der Waals surface area contributed by atoms with Crippen molar-refractivity contribution in [1.82, 2.24) is 5.32 Å². The molecule has 68 valence electrons. The summed E-state index contributed by atoms with van der Waals surface area (Å²) in [5, 5.41) is 10.7. The summed E-state index contributed by atoms with van der Waals surface area (Å²) in [6.45, 7) is -0.237. The topological polar surface area (TPSA) is 49.3 Å². The van der Waals surface area contributed by atoms with E-state index in [1.807, 2.05) is 0 Å². The molecule has 0 saturated carbocycles. The number of carbonyl (C=O) groups excluding carboxylic acids is 1. The number of carbonyl (C=O) groups is 1. The minimum Gasteiger partial charge on any atom is -0.379 e. The highest BCUT2D eigenvalue weighted by atomic mass is 19.4. The molecule has 0 aromatic heterocycles. The van der Waals surface area contributed by atoms with E-state index in [0.717, 1.165) is 6.08 Å². The fourth-order valence-electron chi connectivity index (χ4n) is 0.845. The summed E-state index contributed by atoms with van der Waals surface area (Å²) in [5.74, 6) is -0.603. The van der Waals surface area contributed by atoms with Crippen LogP contribution in [-0.4, -0.2) is 29.8 Å². The third kappa shape index (κ3) is 1.76. The van der Waals surface area contributed by atoms with Crippen LogP contribution in [0.15, 0.2) is 11.6 Å². The molecule has 0 spiro atoms. The summed E-state index contributed by atoms with van der Waals surface area (Å²) < 4.78 is 35.4. The maximum Gasteiger partial charge on any atom is 0.418 e. The van der Waals surface area contributed by atoms with Crippen molar-refractivity contribution in [3.8, 4) is 0 Å². The summed E-state index contributed by atoms with van der Waals surface area (Å²) in [6.07, 6.45) is -6.47. The summed E-state index contributed by atoms with van der Waals surface area (Å²) in [7, 11) is 0. The molecular weight excluding hydrogens is 175 g/mol. The van der Waals surface area contributed by atoms with Gasteiger partial charge in [0.15, 0.2) is 6.10 Å². The molecule has 6 heteroatoms. The predicted octanol–water partition coefficient (Wildman–Crippen LogP) is -0.0342. The van der Waals surface area contributed by atoms with Crippen molar-refractivity contribution in [2.45, 2.75) is 12.3 Å². The Morgan fingerprint density at radius 1 is 1.58 bits per heavy atom. The number of alkyl halides is 3. The average Bonchev–Trinajstić information content (AvgIpc) is 2.32. The van der Waals surface area contributed by atoms with E-state index in [1.54, 1.807) is 0 Å². The largest absolute Gasteiger partial charge is 0.418 e. The second-order valence-electron chi connectivity index (χ2n) is 2.38. The minimum absolute atomic E-state index is 0.237. The van der Waals surface area contributed by atoms with Gasteiger partial charge in [0.25, 0.3) is 0 Å². The first-order valence-corrected chi connectivity index (χ1v) is 3.14. The van der Waals surface area contributed by atoms with E-state index in [1.165, 1.54) is 0 Å². The lowest BCUT2D eigenvalue weighted by Gasteiger charge is -2.14. The van der Waals surface area contributed by atoms with Gasteiger partial charge in [-0.1, -0.05) is 0 Å². The average molecular weight is 181 g/mol. The van der Waals surface area contributed by atoms with Crippen LogP contribution in [0.25, 0.3) is 0 Å². The first-order valence-electron chi connectivity index (χ1n) is 3.14. The van der Waals surface area contributed by atoms with Crippen molar-refractivity contribution in [3.63, 3.8) is 0 Å². The molecule has 0 bridgehead atoms. The van der Waals surface area contributed by atoms with Crippen LogP contribution in [0.3, 0.4) is 0 Å². The Balaban J connectivity index is 2.72. The molecule has 1 unspecified atom stereocenters. The molecule has 0 radical (unpaired) electrons. The third-order valence-electron chi connectivity index (χ3n) is 1.44. The summed E-state index contributed by atoms with van der Waals surface area (Å²) in [4.78, 5) is 10.4. The summed E-state index contributed by atoms with van der Waals surface area (Å²) >= 11 is 0. The standard InChI is InChI=1S/C6H6F3NO2/c7-6(8,9)5(12)3-1-4(11)10-2-3/h1,5,12H,2H2,(H,10,11). The van der Waals surface area contributed by atoms with E-state index in [2.05, 4.69) is 5.32 Å². The second kappa shape index (κ2) is 2.78. The number of hydrogen-bond acceptors (Lipinski definition) is 2. The Kier molecular flexibility index (Phi) is 2.10. The van der Waals surface area contributed by atoms with Gasteiger partial charge < -0.3 is 10.4 Å². The lowest BCUT2D eigenvalue weighted by Crippen LogP contribution is -2.32. The van der Waals surface area contributed by atoms with Crippen LogP contribution in [0.1, 0.15) is 0 Å². The molecule has 0 aromatic rings. The molecule has 0 saturated heterocycles.